The normalized spacial score (nSPS) is 13.1. The minimum absolute atomic E-state index is 0.00970. The SMILES string of the molecule is NC(N)=NCCC[C@H](N)C(=O)NCCc1ccc(NC(=O)c2ccc(NC(=O)c3ccc(CN(C(=O)c4ccc5c(c4)OCC(=O)N5)C4CC4)cc3)cc2)cc1.O=C(O)C(F)(F)F.O=C(O)C(F)(F)F. The molecule has 12 N–H and O–H groups in total. The number of nitrogens with one attached hydrogen (secondary N) is 4. The Morgan fingerprint density at radius 1 is 0.757 bits per heavy atom. The summed E-state index contributed by atoms with van der Waals surface area (Å²) >= 11 is 0. The van der Waals surface area contributed by atoms with Crippen molar-refractivity contribution in [3.8, 4) is 5.75 Å². The highest BCUT2D eigenvalue weighted by Gasteiger charge is 2.39. The maximum atomic E-state index is 13.5. The van der Waals surface area contributed by atoms with E-state index in [1.165, 1.54) is 0 Å². The highest BCUT2D eigenvalue weighted by Crippen LogP contribution is 2.33. The summed E-state index contributed by atoms with van der Waals surface area (Å²) in [6.45, 7) is 1.13. The number of rotatable bonds is 16. The zero-order valence-electron chi connectivity index (χ0n) is 36.7. The molecule has 0 unspecified atom stereocenters. The summed E-state index contributed by atoms with van der Waals surface area (Å²) in [6.07, 6.45) is -6.66. The van der Waals surface area contributed by atoms with Gasteiger partial charge in [0.25, 0.3) is 23.6 Å². The molecular weight excluding hydrogens is 941 g/mol. The molecule has 0 spiro atoms. The number of halogens is 6. The number of aliphatic carboxylic acids is 2. The smallest absolute Gasteiger partial charge is 0.482 e. The summed E-state index contributed by atoms with van der Waals surface area (Å²) < 4.78 is 69.0. The number of nitrogens with two attached hydrogens (primary N) is 3. The molecule has 4 aromatic rings. The van der Waals surface area contributed by atoms with Crippen LogP contribution < -0.4 is 43.2 Å². The molecule has 70 heavy (non-hydrogen) atoms. The first kappa shape index (κ1) is 54.4. The molecule has 0 radical (unpaired) electrons. The number of ether oxygens (including phenoxy) is 1. The van der Waals surface area contributed by atoms with Crippen LogP contribution in [0.15, 0.2) is 96.0 Å². The average molecular weight is 988 g/mol. The van der Waals surface area contributed by atoms with Crippen LogP contribution in [0.5, 0.6) is 5.75 Å². The Hall–Kier alpha value is -8.22. The third kappa shape index (κ3) is 17.8. The van der Waals surface area contributed by atoms with Gasteiger partial charge in [0, 0.05) is 53.7 Å². The molecule has 2 aliphatic rings. The number of anilines is 3. The number of fused-ring (bicyclic) bond motifs is 1. The van der Waals surface area contributed by atoms with E-state index >= 15 is 0 Å². The number of alkyl halides is 6. The van der Waals surface area contributed by atoms with E-state index in [9.17, 15) is 50.3 Å². The van der Waals surface area contributed by atoms with Gasteiger partial charge in [-0.25, -0.2) is 9.59 Å². The summed E-state index contributed by atoms with van der Waals surface area (Å²) in [7, 11) is 0. The van der Waals surface area contributed by atoms with Crippen LogP contribution in [0.3, 0.4) is 0 Å². The van der Waals surface area contributed by atoms with Crippen molar-refractivity contribution in [1.29, 1.82) is 0 Å². The van der Waals surface area contributed by atoms with Crippen molar-refractivity contribution in [2.45, 2.75) is 63.1 Å². The Morgan fingerprint density at radius 2 is 1.24 bits per heavy atom. The summed E-state index contributed by atoms with van der Waals surface area (Å²) in [5.41, 5.74) is 21.4. The predicted octanol–water partition coefficient (Wildman–Crippen LogP) is 4.63. The number of amides is 5. The predicted molar refractivity (Wildman–Crippen MR) is 241 cm³/mol. The van der Waals surface area contributed by atoms with Crippen LogP contribution in [-0.2, 0) is 32.1 Å². The minimum Gasteiger partial charge on any atom is -0.482 e. The van der Waals surface area contributed by atoms with Gasteiger partial charge in [0.05, 0.1) is 11.7 Å². The fourth-order valence-corrected chi connectivity index (χ4v) is 6.06. The molecule has 19 nitrogen and oxygen atoms in total. The molecule has 1 saturated carbocycles. The molecule has 0 bridgehead atoms. The van der Waals surface area contributed by atoms with E-state index in [0.29, 0.717) is 78.4 Å². The van der Waals surface area contributed by atoms with Crippen LogP contribution in [0, 0.1) is 0 Å². The fraction of sp³-hybridized carbons (Fsp3) is 0.289. The first-order valence-electron chi connectivity index (χ1n) is 20.9. The molecular formula is C45H47F6N9O10. The van der Waals surface area contributed by atoms with Gasteiger partial charge < -0.3 is 58.3 Å². The molecule has 5 amide bonds. The van der Waals surface area contributed by atoms with E-state index in [1.807, 2.05) is 29.2 Å². The maximum absolute atomic E-state index is 13.5. The number of carboxylic acids is 2. The first-order chi connectivity index (χ1) is 32.9. The quantitative estimate of drug-likeness (QED) is 0.0321. The van der Waals surface area contributed by atoms with E-state index in [-0.39, 0.29) is 48.1 Å². The van der Waals surface area contributed by atoms with Crippen LogP contribution in [-0.4, -0.2) is 107 Å². The van der Waals surface area contributed by atoms with Gasteiger partial charge in [-0.05, 0) is 110 Å². The zero-order valence-corrected chi connectivity index (χ0v) is 36.7. The first-order valence-corrected chi connectivity index (χ1v) is 20.9. The molecule has 25 heteroatoms. The Kier molecular flexibility index (Phi) is 19.2. The molecule has 1 atom stereocenters. The van der Waals surface area contributed by atoms with Gasteiger partial charge in [0.1, 0.15) is 5.75 Å². The van der Waals surface area contributed by atoms with E-state index in [4.69, 9.17) is 41.7 Å². The lowest BCUT2D eigenvalue weighted by Gasteiger charge is -2.24. The molecule has 1 fully saturated rings. The van der Waals surface area contributed by atoms with Crippen LogP contribution in [0.4, 0.5) is 43.4 Å². The van der Waals surface area contributed by atoms with Gasteiger partial charge in [0.15, 0.2) is 12.6 Å². The summed E-state index contributed by atoms with van der Waals surface area (Å²) in [5, 5.41) is 25.6. The number of hydrogen-bond donors (Lipinski definition) is 9. The summed E-state index contributed by atoms with van der Waals surface area (Å²) in [5.74, 6) is -6.25. The summed E-state index contributed by atoms with van der Waals surface area (Å²) in [6, 6.07) is 25.5. The lowest BCUT2D eigenvalue weighted by Crippen LogP contribution is -2.41. The van der Waals surface area contributed by atoms with Crippen LogP contribution in [0.2, 0.25) is 0 Å². The van der Waals surface area contributed by atoms with Gasteiger partial charge in [0.2, 0.25) is 5.91 Å². The molecule has 1 aliphatic heterocycles. The standard InChI is InChI=1S/C41H45N9O6.2C2HF3O2/c42-33(2-1-20-46-41(43)44)39(54)45-21-19-25-5-12-30(13-6-25)47-38(53)28-9-14-31(15-10-28)48-37(52)27-7-3-26(4-8-27)23-50(32-16-17-32)40(55)29-11-18-34-35(22-29)56-24-36(51)49-34;2*3-2(4,5)1(6)7/h3-15,18,22,32-33H,1-2,16-17,19-21,23-24,42H2,(H,45,54)(H,47,53)(H,48,52)(H,49,51)(H4,43,44,46);2*(H,6,7)/t33-;;/m0../s1. The number of hydrogen-bond acceptors (Lipinski definition) is 10. The number of carboxylic acid groups (broad SMARTS) is 2. The molecule has 1 heterocycles. The largest absolute Gasteiger partial charge is 0.490 e. The number of nitrogens with zero attached hydrogens (tertiary/aromatic N) is 2. The van der Waals surface area contributed by atoms with E-state index in [2.05, 4.69) is 26.3 Å². The van der Waals surface area contributed by atoms with Gasteiger partial charge in [-0.2, -0.15) is 26.3 Å². The fourth-order valence-electron chi connectivity index (χ4n) is 6.06. The third-order valence-electron chi connectivity index (χ3n) is 9.80. The van der Waals surface area contributed by atoms with Gasteiger partial charge in [-0.3, -0.25) is 29.0 Å². The lowest BCUT2D eigenvalue weighted by molar-refractivity contribution is -0.193. The highest BCUT2D eigenvalue weighted by atomic mass is 19.4. The van der Waals surface area contributed by atoms with Gasteiger partial charge in [-0.1, -0.05) is 24.3 Å². The van der Waals surface area contributed by atoms with Gasteiger partial charge >= 0.3 is 24.3 Å². The second-order valence-electron chi connectivity index (χ2n) is 15.3. The second-order valence-corrected chi connectivity index (χ2v) is 15.3. The number of guanidine groups is 1. The molecule has 6 rings (SSSR count). The average Bonchev–Trinajstić information content (AvgIpc) is 4.15. The third-order valence-corrected chi connectivity index (χ3v) is 9.80. The molecule has 1 aliphatic carbocycles. The van der Waals surface area contributed by atoms with Crippen molar-refractivity contribution in [3.63, 3.8) is 0 Å². The number of carbonyl (C=O) groups is 7. The molecule has 374 valence electrons. The van der Waals surface area contributed by atoms with Crippen LogP contribution in [0.25, 0.3) is 0 Å². The summed E-state index contributed by atoms with van der Waals surface area (Å²) in [4.78, 5) is 86.8. The van der Waals surface area contributed by atoms with Gasteiger partial charge in [-0.15, -0.1) is 0 Å². The highest BCUT2D eigenvalue weighted by molar-refractivity contribution is 6.06. The van der Waals surface area contributed by atoms with Crippen molar-refractivity contribution in [2.24, 2.45) is 22.2 Å². The van der Waals surface area contributed by atoms with Crippen LogP contribution >= 0.6 is 0 Å². The zero-order chi connectivity index (χ0) is 51.8. The monoisotopic (exact) mass is 987 g/mol. The van der Waals surface area contributed by atoms with Crippen molar-refractivity contribution in [3.05, 3.63) is 119 Å². The topological polar surface area (TPSA) is 311 Å². The maximum Gasteiger partial charge on any atom is 0.490 e. The molecule has 4 aromatic carbocycles. The van der Waals surface area contributed by atoms with Crippen LogP contribution in [0.1, 0.15) is 67.9 Å². The minimum atomic E-state index is -5.08. The second kappa shape index (κ2) is 24.7. The Morgan fingerprint density at radius 3 is 1.74 bits per heavy atom. The Bertz CT molecular complexity index is 2510. The number of aliphatic imine (C=N–C) groups is 1. The van der Waals surface area contributed by atoms with Crippen molar-refractivity contribution < 1.29 is 74.9 Å². The lowest BCUT2D eigenvalue weighted by atomic mass is 10.1. The van der Waals surface area contributed by atoms with E-state index in [1.54, 1.807) is 66.7 Å². The molecule has 0 saturated heterocycles. The molecule has 0 aromatic heterocycles. The van der Waals surface area contributed by atoms with Crippen molar-refractivity contribution >= 4 is 64.5 Å². The van der Waals surface area contributed by atoms with Crippen molar-refractivity contribution in [1.82, 2.24) is 10.2 Å². The number of benzene rings is 4. The Labute approximate surface area is 394 Å². The number of carbonyl (C=O) groups excluding carboxylic acids is 5. The Balaban J connectivity index is 0.000000664. The van der Waals surface area contributed by atoms with E-state index in [0.717, 1.165) is 24.0 Å². The van der Waals surface area contributed by atoms with E-state index < -0.39 is 30.3 Å². The van der Waals surface area contributed by atoms with Crippen molar-refractivity contribution in [2.75, 3.05) is 35.6 Å².